The first-order valence-corrected chi connectivity index (χ1v) is 13.9. The average molecular weight is 411 g/mol. The second kappa shape index (κ2) is 12.9. The van der Waals surface area contributed by atoms with Crippen LogP contribution in [0.15, 0.2) is 24.3 Å². The van der Waals surface area contributed by atoms with Crippen LogP contribution in [0.5, 0.6) is 0 Å². The zero-order valence-electron chi connectivity index (χ0n) is 20.5. The fourth-order valence-electron chi connectivity index (χ4n) is 6.91. The molecule has 0 aromatic heterocycles. The van der Waals surface area contributed by atoms with E-state index in [1.54, 1.807) is 11.1 Å². The Balaban J connectivity index is 1.69. The lowest BCUT2D eigenvalue weighted by atomic mass is 9.68. The van der Waals surface area contributed by atoms with Gasteiger partial charge in [-0.1, -0.05) is 109 Å². The summed E-state index contributed by atoms with van der Waals surface area (Å²) in [6.45, 7) is 7.11. The molecule has 0 heterocycles. The van der Waals surface area contributed by atoms with Crippen LogP contribution in [-0.2, 0) is 0 Å². The van der Waals surface area contributed by atoms with Gasteiger partial charge in [0, 0.05) is 0 Å². The highest BCUT2D eigenvalue weighted by Gasteiger charge is 2.31. The molecule has 1 aromatic carbocycles. The molecule has 0 radical (unpaired) electrons. The highest BCUT2D eigenvalue weighted by molar-refractivity contribution is 5.29. The van der Waals surface area contributed by atoms with Crippen molar-refractivity contribution in [3.05, 3.63) is 35.4 Å². The summed E-state index contributed by atoms with van der Waals surface area (Å²) in [6, 6.07) is 10.2. The van der Waals surface area contributed by atoms with E-state index in [4.69, 9.17) is 0 Å². The minimum Gasteiger partial charge on any atom is -0.0654 e. The maximum Gasteiger partial charge on any atom is -0.0131 e. The molecule has 0 nitrogen and oxygen atoms in total. The third kappa shape index (κ3) is 6.61. The number of hydrogen-bond acceptors (Lipinski definition) is 0. The molecule has 0 heteroatoms. The van der Waals surface area contributed by atoms with Crippen molar-refractivity contribution in [1.82, 2.24) is 0 Å². The SMILES string of the molecule is CCCCC(C1CCCCC1)C(CCC)c1ccc(C2CCC(CCC)CC2)cc1. The van der Waals surface area contributed by atoms with Gasteiger partial charge in [-0.25, -0.2) is 0 Å². The fraction of sp³-hybridized carbons (Fsp3) is 0.800. The Morgan fingerprint density at radius 3 is 2.03 bits per heavy atom. The first-order chi connectivity index (χ1) is 14.8. The van der Waals surface area contributed by atoms with Crippen LogP contribution in [0.1, 0.15) is 146 Å². The third-order valence-corrected chi connectivity index (χ3v) is 8.64. The lowest BCUT2D eigenvalue weighted by Crippen LogP contribution is -2.25. The van der Waals surface area contributed by atoms with Crippen LogP contribution in [0.3, 0.4) is 0 Å². The Morgan fingerprint density at radius 1 is 0.733 bits per heavy atom. The van der Waals surface area contributed by atoms with Gasteiger partial charge in [-0.3, -0.25) is 0 Å². The second-order valence-corrected chi connectivity index (χ2v) is 10.8. The number of unbranched alkanes of at least 4 members (excludes halogenated alkanes) is 1. The van der Waals surface area contributed by atoms with Gasteiger partial charge in [-0.15, -0.1) is 0 Å². The molecule has 0 aliphatic heterocycles. The van der Waals surface area contributed by atoms with Crippen LogP contribution in [0.25, 0.3) is 0 Å². The molecule has 2 aliphatic carbocycles. The van der Waals surface area contributed by atoms with Crippen molar-refractivity contribution >= 4 is 0 Å². The highest BCUT2D eigenvalue weighted by Crippen LogP contribution is 2.44. The quantitative estimate of drug-likeness (QED) is 0.340. The molecule has 2 aliphatic rings. The standard InChI is InChI=1S/C30H50/c1-4-7-15-30(27-13-9-8-10-14-27)29(12-6-3)28-22-20-26(21-23-28)25-18-16-24(11-5-2)17-19-25/h20-25,27,29-30H,4-19H2,1-3H3. The topological polar surface area (TPSA) is 0 Å². The van der Waals surface area contributed by atoms with Crippen LogP contribution in [-0.4, -0.2) is 0 Å². The van der Waals surface area contributed by atoms with Crippen LogP contribution in [0, 0.1) is 17.8 Å². The smallest absolute Gasteiger partial charge is 0.0131 e. The molecule has 1 aromatic rings. The van der Waals surface area contributed by atoms with E-state index in [1.165, 1.54) is 103 Å². The molecule has 0 bridgehead atoms. The minimum atomic E-state index is 0.791. The Morgan fingerprint density at radius 2 is 1.43 bits per heavy atom. The van der Waals surface area contributed by atoms with Gasteiger partial charge in [0.1, 0.15) is 0 Å². The molecular formula is C30H50. The highest BCUT2D eigenvalue weighted by atomic mass is 14.4. The van der Waals surface area contributed by atoms with E-state index in [2.05, 4.69) is 45.0 Å². The Kier molecular flexibility index (Phi) is 10.3. The lowest BCUT2D eigenvalue weighted by molar-refractivity contribution is 0.193. The monoisotopic (exact) mass is 410 g/mol. The van der Waals surface area contributed by atoms with Crippen LogP contribution >= 0.6 is 0 Å². The lowest BCUT2D eigenvalue weighted by Gasteiger charge is -2.37. The molecule has 0 saturated heterocycles. The summed E-state index contributed by atoms with van der Waals surface area (Å²) in [6.07, 6.45) is 22.9. The van der Waals surface area contributed by atoms with Crippen LogP contribution in [0.4, 0.5) is 0 Å². The summed E-state index contributed by atoms with van der Waals surface area (Å²) < 4.78 is 0. The van der Waals surface area contributed by atoms with E-state index < -0.39 is 0 Å². The summed E-state index contributed by atoms with van der Waals surface area (Å²) >= 11 is 0. The van der Waals surface area contributed by atoms with Gasteiger partial charge >= 0.3 is 0 Å². The number of rotatable bonds is 11. The second-order valence-electron chi connectivity index (χ2n) is 10.8. The first-order valence-electron chi connectivity index (χ1n) is 13.9. The van der Waals surface area contributed by atoms with Crippen molar-refractivity contribution < 1.29 is 0 Å². The predicted octanol–water partition coefficient (Wildman–Crippen LogP) is 10.0. The van der Waals surface area contributed by atoms with E-state index in [-0.39, 0.29) is 0 Å². The summed E-state index contributed by atoms with van der Waals surface area (Å²) in [4.78, 5) is 0. The maximum atomic E-state index is 2.55. The fourth-order valence-corrected chi connectivity index (χ4v) is 6.91. The molecule has 0 spiro atoms. The molecule has 0 N–H and O–H groups in total. The number of hydrogen-bond donors (Lipinski definition) is 0. The first kappa shape index (κ1) is 23.9. The largest absolute Gasteiger partial charge is 0.0654 e. The zero-order chi connectivity index (χ0) is 21.2. The summed E-state index contributed by atoms with van der Waals surface area (Å²) in [5.74, 6) is 4.52. The predicted molar refractivity (Wildman–Crippen MR) is 133 cm³/mol. The van der Waals surface area contributed by atoms with Crippen molar-refractivity contribution in [2.24, 2.45) is 17.8 Å². The van der Waals surface area contributed by atoms with Gasteiger partial charge in [-0.2, -0.15) is 0 Å². The molecule has 2 atom stereocenters. The van der Waals surface area contributed by atoms with Crippen LogP contribution in [0.2, 0.25) is 0 Å². The molecule has 30 heavy (non-hydrogen) atoms. The number of benzene rings is 1. The average Bonchev–Trinajstić information content (AvgIpc) is 2.80. The maximum absolute atomic E-state index is 2.55. The Bertz CT molecular complexity index is 556. The summed E-state index contributed by atoms with van der Waals surface area (Å²) in [5.41, 5.74) is 3.29. The van der Waals surface area contributed by atoms with Gasteiger partial charge in [0.15, 0.2) is 0 Å². The van der Waals surface area contributed by atoms with Crippen molar-refractivity contribution in [2.45, 2.75) is 135 Å². The van der Waals surface area contributed by atoms with Gasteiger partial charge in [0.2, 0.25) is 0 Å². The Hall–Kier alpha value is -0.780. The summed E-state index contributed by atoms with van der Waals surface area (Å²) in [5, 5.41) is 0. The van der Waals surface area contributed by atoms with E-state index in [1.807, 2.05) is 0 Å². The molecule has 2 saturated carbocycles. The third-order valence-electron chi connectivity index (χ3n) is 8.64. The molecule has 2 unspecified atom stereocenters. The van der Waals surface area contributed by atoms with Gasteiger partial charge in [-0.05, 0) is 79.2 Å². The summed E-state index contributed by atoms with van der Waals surface area (Å²) in [7, 11) is 0. The van der Waals surface area contributed by atoms with E-state index in [9.17, 15) is 0 Å². The molecule has 170 valence electrons. The van der Waals surface area contributed by atoms with E-state index in [0.717, 1.165) is 29.6 Å². The zero-order valence-corrected chi connectivity index (χ0v) is 20.5. The van der Waals surface area contributed by atoms with E-state index in [0.29, 0.717) is 0 Å². The van der Waals surface area contributed by atoms with Crippen LogP contribution < -0.4 is 0 Å². The van der Waals surface area contributed by atoms with E-state index >= 15 is 0 Å². The van der Waals surface area contributed by atoms with Crippen molar-refractivity contribution in [1.29, 1.82) is 0 Å². The van der Waals surface area contributed by atoms with Gasteiger partial charge < -0.3 is 0 Å². The molecular weight excluding hydrogens is 360 g/mol. The minimum absolute atomic E-state index is 0.791. The Labute approximate surface area is 188 Å². The van der Waals surface area contributed by atoms with Gasteiger partial charge in [0.25, 0.3) is 0 Å². The van der Waals surface area contributed by atoms with Crippen molar-refractivity contribution in [3.8, 4) is 0 Å². The molecule has 3 rings (SSSR count). The van der Waals surface area contributed by atoms with Crippen molar-refractivity contribution in [2.75, 3.05) is 0 Å². The normalized spacial score (nSPS) is 25.2. The molecule has 0 amide bonds. The van der Waals surface area contributed by atoms with Gasteiger partial charge in [0.05, 0.1) is 0 Å². The molecule has 2 fully saturated rings. The van der Waals surface area contributed by atoms with Crippen molar-refractivity contribution in [3.63, 3.8) is 0 Å².